The van der Waals surface area contributed by atoms with E-state index in [1.54, 1.807) is 0 Å². The lowest BCUT2D eigenvalue weighted by atomic mass is 10.0. The maximum atomic E-state index is 9.76. The Kier molecular flexibility index (Phi) is 5.95. The van der Waals surface area contributed by atoms with Crippen LogP contribution in [0.1, 0.15) is 18.6 Å². The first kappa shape index (κ1) is 12.6. The lowest BCUT2D eigenvalue weighted by molar-refractivity contribution is -0.669. The van der Waals surface area contributed by atoms with Crippen molar-refractivity contribution in [3.63, 3.8) is 0 Å². The van der Waals surface area contributed by atoms with Crippen LogP contribution in [0.3, 0.4) is 0 Å². The van der Waals surface area contributed by atoms with Gasteiger partial charge in [-0.1, -0.05) is 30.3 Å². The molecule has 0 amide bonds. The molecule has 0 aliphatic heterocycles. The molecule has 0 aliphatic carbocycles. The van der Waals surface area contributed by atoms with E-state index in [0.717, 1.165) is 5.56 Å². The molecule has 3 heteroatoms. The number of hydrogen-bond donors (Lipinski definition) is 2. The molecule has 1 rings (SSSR count). The molecule has 74 valence electrons. The van der Waals surface area contributed by atoms with Crippen molar-refractivity contribution < 1.29 is 27.4 Å². The van der Waals surface area contributed by atoms with Crippen molar-refractivity contribution in [2.24, 2.45) is 0 Å². The summed E-state index contributed by atoms with van der Waals surface area (Å²) in [5, 5.41) is 11.8. The van der Waals surface area contributed by atoms with Crippen molar-refractivity contribution >= 4 is 0 Å². The standard InChI is InChI=1S/C10H15NO.BrH/c1-8(11-2)10(12)9-6-4-3-5-7-9;/h3-8,10-12H,1-2H3;1H/t8-,10-;/m1./s1. The van der Waals surface area contributed by atoms with Crippen molar-refractivity contribution in [1.29, 1.82) is 0 Å². The van der Waals surface area contributed by atoms with Gasteiger partial charge in [0.15, 0.2) is 0 Å². The van der Waals surface area contributed by atoms with Crippen LogP contribution in [-0.2, 0) is 0 Å². The largest absolute Gasteiger partial charge is 1.00 e. The molecular formula is C10H16BrNO. The molecule has 0 heterocycles. The average Bonchev–Trinajstić information content (AvgIpc) is 2.17. The van der Waals surface area contributed by atoms with Crippen LogP contribution >= 0.6 is 0 Å². The molecule has 2 atom stereocenters. The highest BCUT2D eigenvalue weighted by Gasteiger charge is 2.16. The van der Waals surface area contributed by atoms with Gasteiger partial charge in [-0.2, -0.15) is 0 Å². The average molecular weight is 246 g/mol. The van der Waals surface area contributed by atoms with E-state index in [0.29, 0.717) is 0 Å². The second-order valence-corrected chi connectivity index (χ2v) is 3.05. The zero-order valence-electron chi connectivity index (χ0n) is 7.94. The van der Waals surface area contributed by atoms with E-state index in [2.05, 4.69) is 0 Å². The number of likely N-dealkylation sites (N-methyl/N-ethyl adjacent to an activating group) is 1. The fourth-order valence-corrected chi connectivity index (χ4v) is 1.14. The minimum Gasteiger partial charge on any atom is -1.00 e. The van der Waals surface area contributed by atoms with Crippen molar-refractivity contribution in [3.8, 4) is 0 Å². The Labute approximate surface area is 89.7 Å². The summed E-state index contributed by atoms with van der Waals surface area (Å²) in [5.74, 6) is 0. The number of halogens is 1. The molecule has 0 radical (unpaired) electrons. The summed E-state index contributed by atoms with van der Waals surface area (Å²) in [6.07, 6.45) is -0.365. The Morgan fingerprint density at radius 1 is 1.23 bits per heavy atom. The first-order valence-electron chi connectivity index (χ1n) is 4.28. The highest BCUT2D eigenvalue weighted by atomic mass is 79.9. The van der Waals surface area contributed by atoms with Crippen molar-refractivity contribution in [3.05, 3.63) is 35.9 Å². The second-order valence-electron chi connectivity index (χ2n) is 3.05. The van der Waals surface area contributed by atoms with Gasteiger partial charge in [0, 0.05) is 0 Å². The fourth-order valence-electron chi connectivity index (χ4n) is 1.14. The van der Waals surface area contributed by atoms with Gasteiger partial charge in [-0.25, -0.2) is 0 Å². The second kappa shape index (κ2) is 6.13. The quantitative estimate of drug-likeness (QED) is 0.598. The van der Waals surface area contributed by atoms with Crippen LogP contribution in [0.15, 0.2) is 30.3 Å². The van der Waals surface area contributed by atoms with Crippen LogP contribution in [0.5, 0.6) is 0 Å². The van der Waals surface area contributed by atoms with Crippen LogP contribution in [0, 0.1) is 0 Å². The smallest absolute Gasteiger partial charge is 0.130 e. The number of nitrogens with two attached hydrogens (primary N) is 1. The van der Waals surface area contributed by atoms with Gasteiger partial charge >= 0.3 is 0 Å². The maximum Gasteiger partial charge on any atom is 0.130 e. The Balaban J connectivity index is 0.00000144. The monoisotopic (exact) mass is 245 g/mol. The summed E-state index contributed by atoms with van der Waals surface area (Å²) in [5.41, 5.74) is 0.989. The Morgan fingerprint density at radius 2 is 1.77 bits per heavy atom. The third kappa shape index (κ3) is 3.46. The van der Waals surface area contributed by atoms with Crippen molar-refractivity contribution in [1.82, 2.24) is 0 Å². The molecule has 0 saturated carbocycles. The molecule has 13 heavy (non-hydrogen) atoms. The molecule has 2 nitrogen and oxygen atoms in total. The number of rotatable bonds is 3. The van der Waals surface area contributed by atoms with Gasteiger partial charge in [-0.05, 0) is 12.5 Å². The van der Waals surface area contributed by atoms with E-state index in [9.17, 15) is 5.11 Å². The molecule has 0 saturated heterocycles. The van der Waals surface area contributed by atoms with Gasteiger partial charge < -0.3 is 27.4 Å². The van der Waals surface area contributed by atoms with Gasteiger partial charge in [0.1, 0.15) is 12.1 Å². The molecule has 0 aromatic heterocycles. The molecular weight excluding hydrogens is 230 g/mol. The van der Waals surface area contributed by atoms with Crippen LogP contribution in [-0.4, -0.2) is 18.2 Å². The van der Waals surface area contributed by atoms with E-state index in [1.807, 2.05) is 49.6 Å². The minimum atomic E-state index is -0.365. The number of hydrogen-bond acceptors (Lipinski definition) is 1. The highest BCUT2D eigenvalue weighted by Crippen LogP contribution is 2.13. The lowest BCUT2D eigenvalue weighted by Gasteiger charge is -2.15. The van der Waals surface area contributed by atoms with Crippen LogP contribution < -0.4 is 22.3 Å². The molecule has 3 N–H and O–H groups in total. The zero-order valence-corrected chi connectivity index (χ0v) is 9.53. The normalized spacial score (nSPS) is 14.4. The molecule has 0 fully saturated rings. The lowest BCUT2D eigenvalue weighted by Crippen LogP contribution is -3.00. The van der Waals surface area contributed by atoms with Crippen molar-refractivity contribution in [2.45, 2.75) is 19.1 Å². The Morgan fingerprint density at radius 3 is 2.23 bits per heavy atom. The summed E-state index contributed by atoms with van der Waals surface area (Å²) in [4.78, 5) is 0. The van der Waals surface area contributed by atoms with Gasteiger partial charge in [0.25, 0.3) is 0 Å². The Hall–Kier alpha value is -0.380. The maximum absolute atomic E-state index is 9.76. The first-order chi connectivity index (χ1) is 5.75. The predicted octanol–water partition coefficient (Wildman–Crippen LogP) is -2.69. The fraction of sp³-hybridized carbons (Fsp3) is 0.400. The predicted molar refractivity (Wildman–Crippen MR) is 48.7 cm³/mol. The van der Waals surface area contributed by atoms with E-state index in [4.69, 9.17) is 0 Å². The topological polar surface area (TPSA) is 36.8 Å². The molecule has 1 aromatic rings. The SMILES string of the molecule is C[NH2+][C@H](C)[C@@H](O)c1ccccc1.[Br-]. The zero-order chi connectivity index (χ0) is 8.97. The van der Waals surface area contributed by atoms with Gasteiger partial charge in [0.05, 0.1) is 7.05 Å². The van der Waals surface area contributed by atoms with E-state index >= 15 is 0 Å². The summed E-state index contributed by atoms with van der Waals surface area (Å²) < 4.78 is 0. The van der Waals surface area contributed by atoms with E-state index < -0.39 is 0 Å². The number of benzene rings is 1. The number of aliphatic hydroxyl groups excluding tert-OH is 1. The molecule has 0 spiro atoms. The van der Waals surface area contributed by atoms with Gasteiger partial charge in [-0.3, -0.25) is 0 Å². The van der Waals surface area contributed by atoms with E-state index in [-0.39, 0.29) is 29.1 Å². The minimum absolute atomic E-state index is 0. The Bertz CT molecular complexity index is 228. The van der Waals surface area contributed by atoms with E-state index in [1.165, 1.54) is 0 Å². The first-order valence-corrected chi connectivity index (χ1v) is 4.28. The molecule has 0 bridgehead atoms. The third-order valence-corrected chi connectivity index (χ3v) is 2.16. The molecule has 0 unspecified atom stereocenters. The van der Waals surface area contributed by atoms with Crippen molar-refractivity contribution in [2.75, 3.05) is 7.05 Å². The summed E-state index contributed by atoms with van der Waals surface area (Å²) >= 11 is 0. The highest BCUT2D eigenvalue weighted by molar-refractivity contribution is 5.17. The van der Waals surface area contributed by atoms with Crippen LogP contribution in [0.4, 0.5) is 0 Å². The molecule has 1 aromatic carbocycles. The summed E-state index contributed by atoms with van der Waals surface area (Å²) in [7, 11) is 1.97. The number of quaternary nitrogens is 1. The molecule has 0 aliphatic rings. The van der Waals surface area contributed by atoms with Gasteiger partial charge in [0.2, 0.25) is 0 Å². The number of aliphatic hydroxyl groups is 1. The summed E-state index contributed by atoms with van der Waals surface area (Å²) in [6, 6.07) is 9.96. The summed E-state index contributed by atoms with van der Waals surface area (Å²) in [6.45, 7) is 2.01. The van der Waals surface area contributed by atoms with Crippen LogP contribution in [0.25, 0.3) is 0 Å². The van der Waals surface area contributed by atoms with Gasteiger partial charge in [-0.15, -0.1) is 0 Å². The third-order valence-electron chi connectivity index (χ3n) is 2.16. The van der Waals surface area contributed by atoms with Crippen LogP contribution in [0.2, 0.25) is 0 Å².